The summed E-state index contributed by atoms with van der Waals surface area (Å²) in [6.45, 7) is 4.40. The first-order valence-electron chi connectivity index (χ1n) is 5.85. The number of hydrogen-bond acceptors (Lipinski definition) is 2. The molecule has 0 aromatic carbocycles. The molecule has 0 radical (unpaired) electrons. The minimum absolute atomic E-state index is 0.736. The number of thioether (sulfide) groups is 1. The van der Waals surface area contributed by atoms with Crippen LogP contribution in [0.3, 0.4) is 0 Å². The van der Waals surface area contributed by atoms with Gasteiger partial charge < -0.3 is 9.88 Å². The standard InChI is InChI=1S/C12H20N2S/c1-2-6-14-7-3-4-12(14)9-13-11-5-8-15-10-11/h3-4,7,11,13H,2,5-6,8-10H2,1H3. The van der Waals surface area contributed by atoms with E-state index in [0.717, 1.165) is 19.1 Å². The fourth-order valence-corrected chi connectivity index (χ4v) is 3.20. The van der Waals surface area contributed by atoms with Gasteiger partial charge in [-0.05, 0) is 30.7 Å². The third-order valence-electron chi connectivity index (χ3n) is 2.89. The molecule has 1 fully saturated rings. The average molecular weight is 224 g/mol. The van der Waals surface area contributed by atoms with Crippen LogP contribution in [0.15, 0.2) is 18.3 Å². The Kier molecular flexibility index (Phi) is 4.15. The first-order chi connectivity index (χ1) is 7.40. The van der Waals surface area contributed by atoms with E-state index >= 15 is 0 Å². The minimum Gasteiger partial charge on any atom is -0.350 e. The summed E-state index contributed by atoms with van der Waals surface area (Å²) in [4.78, 5) is 0. The lowest BCUT2D eigenvalue weighted by atomic mass is 10.2. The Labute approximate surface area is 96.4 Å². The molecule has 2 nitrogen and oxygen atoms in total. The van der Waals surface area contributed by atoms with Gasteiger partial charge in [0.25, 0.3) is 0 Å². The first-order valence-corrected chi connectivity index (χ1v) is 7.00. The monoisotopic (exact) mass is 224 g/mol. The molecule has 0 spiro atoms. The highest BCUT2D eigenvalue weighted by molar-refractivity contribution is 7.99. The molecule has 1 aromatic rings. The Bertz CT molecular complexity index is 290. The molecule has 0 saturated carbocycles. The zero-order valence-corrected chi connectivity index (χ0v) is 10.2. The van der Waals surface area contributed by atoms with Crippen molar-refractivity contribution < 1.29 is 0 Å². The van der Waals surface area contributed by atoms with E-state index in [-0.39, 0.29) is 0 Å². The van der Waals surface area contributed by atoms with Gasteiger partial charge in [0, 0.05) is 36.8 Å². The van der Waals surface area contributed by atoms with Crippen molar-refractivity contribution in [2.45, 2.75) is 38.9 Å². The normalized spacial score (nSPS) is 21.0. The molecule has 1 aliphatic heterocycles. The third-order valence-corrected chi connectivity index (χ3v) is 4.05. The highest BCUT2D eigenvalue weighted by Gasteiger charge is 2.14. The second-order valence-corrected chi connectivity index (χ2v) is 5.28. The van der Waals surface area contributed by atoms with Gasteiger partial charge >= 0.3 is 0 Å². The van der Waals surface area contributed by atoms with Crippen molar-refractivity contribution in [1.29, 1.82) is 0 Å². The molecule has 1 aromatic heterocycles. The summed E-state index contributed by atoms with van der Waals surface area (Å²) >= 11 is 2.06. The zero-order valence-electron chi connectivity index (χ0n) is 9.41. The Morgan fingerprint density at radius 3 is 3.27 bits per heavy atom. The number of hydrogen-bond donors (Lipinski definition) is 1. The van der Waals surface area contributed by atoms with E-state index in [1.54, 1.807) is 0 Å². The Hall–Kier alpha value is -0.410. The fraction of sp³-hybridized carbons (Fsp3) is 0.667. The van der Waals surface area contributed by atoms with Crippen molar-refractivity contribution in [2.75, 3.05) is 11.5 Å². The summed E-state index contributed by atoms with van der Waals surface area (Å²) in [5.74, 6) is 2.61. The van der Waals surface area contributed by atoms with Crippen molar-refractivity contribution >= 4 is 11.8 Å². The lowest BCUT2D eigenvalue weighted by Gasteiger charge is -2.13. The van der Waals surface area contributed by atoms with Crippen LogP contribution in [0, 0.1) is 0 Å². The van der Waals surface area contributed by atoms with E-state index in [9.17, 15) is 0 Å². The van der Waals surface area contributed by atoms with Gasteiger partial charge in [0.1, 0.15) is 0 Å². The van der Waals surface area contributed by atoms with E-state index in [4.69, 9.17) is 0 Å². The molecule has 0 bridgehead atoms. The van der Waals surface area contributed by atoms with Gasteiger partial charge in [-0.25, -0.2) is 0 Å². The third kappa shape index (κ3) is 3.02. The molecule has 15 heavy (non-hydrogen) atoms. The fourth-order valence-electron chi connectivity index (χ4n) is 2.01. The van der Waals surface area contributed by atoms with Crippen LogP contribution >= 0.6 is 11.8 Å². The molecule has 1 N–H and O–H groups in total. The zero-order chi connectivity index (χ0) is 10.5. The number of aromatic nitrogens is 1. The van der Waals surface area contributed by atoms with E-state index in [1.165, 1.54) is 30.0 Å². The largest absolute Gasteiger partial charge is 0.350 e. The second-order valence-electron chi connectivity index (χ2n) is 4.13. The van der Waals surface area contributed by atoms with Crippen LogP contribution in [0.25, 0.3) is 0 Å². The molecular weight excluding hydrogens is 204 g/mol. The van der Waals surface area contributed by atoms with E-state index in [1.807, 2.05) is 0 Å². The number of aryl methyl sites for hydroxylation is 1. The highest BCUT2D eigenvalue weighted by atomic mass is 32.2. The van der Waals surface area contributed by atoms with Gasteiger partial charge in [-0.15, -0.1) is 0 Å². The molecule has 1 aliphatic rings. The van der Waals surface area contributed by atoms with Crippen molar-refractivity contribution in [3.63, 3.8) is 0 Å². The molecule has 2 rings (SSSR count). The van der Waals surface area contributed by atoms with Gasteiger partial charge in [0.05, 0.1) is 0 Å². The Morgan fingerprint density at radius 2 is 2.53 bits per heavy atom. The van der Waals surface area contributed by atoms with E-state index in [0.29, 0.717) is 0 Å². The maximum atomic E-state index is 3.64. The predicted octanol–water partition coefficient (Wildman–Crippen LogP) is 2.49. The summed E-state index contributed by atoms with van der Waals surface area (Å²) < 4.78 is 2.36. The highest BCUT2D eigenvalue weighted by Crippen LogP contribution is 2.17. The van der Waals surface area contributed by atoms with Crippen molar-refractivity contribution in [1.82, 2.24) is 9.88 Å². The minimum atomic E-state index is 0.736. The molecule has 84 valence electrons. The SMILES string of the molecule is CCCn1cccc1CNC1CCSC1. The second kappa shape index (κ2) is 5.61. The van der Waals surface area contributed by atoms with Gasteiger partial charge in [-0.1, -0.05) is 6.92 Å². The van der Waals surface area contributed by atoms with Gasteiger partial charge in [0.15, 0.2) is 0 Å². The lowest BCUT2D eigenvalue weighted by molar-refractivity contribution is 0.531. The molecule has 3 heteroatoms. The Balaban J connectivity index is 1.83. The van der Waals surface area contributed by atoms with Crippen molar-refractivity contribution in [2.24, 2.45) is 0 Å². The van der Waals surface area contributed by atoms with Crippen LogP contribution in [0.1, 0.15) is 25.5 Å². The average Bonchev–Trinajstić information content (AvgIpc) is 2.85. The van der Waals surface area contributed by atoms with Gasteiger partial charge in [-0.2, -0.15) is 11.8 Å². The maximum Gasteiger partial charge on any atom is 0.0362 e. The number of nitrogens with zero attached hydrogens (tertiary/aromatic N) is 1. The molecule has 1 unspecified atom stereocenters. The topological polar surface area (TPSA) is 17.0 Å². The molecule has 1 saturated heterocycles. The molecular formula is C12H20N2S. The maximum absolute atomic E-state index is 3.64. The molecule has 1 atom stereocenters. The summed E-state index contributed by atoms with van der Waals surface area (Å²) in [6.07, 6.45) is 4.73. The van der Waals surface area contributed by atoms with E-state index in [2.05, 4.69) is 46.9 Å². The van der Waals surface area contributed by atoms with Crippen LogP contribution in [0.2, 0.25) is 0 Å². The molecule has 2 heterocycles. The summed E-state index contributed by atoms with van der Waals surface area (Å²) in [7, 11) is 0. The van der Waals surface area contributed by atoms with Crippen molar-refractivity contribution in [3.05, 3.63) is 24.0 Å². The summed E-state index contributed by atoms with van der Waals surface area (Å²) in [6, 6.07) is 5.11. The predicted molar refractivity (Wildman–Crippen MR) is 67.3 cm³/mol. The van der Waals surface area contributed by atoms with Crippen LogP contribution in [-0.2, 0) is 13.1 Å². The molecule has 0 aliphatic carbocycles. The van der Waals surface area contributed by atoms with Crippen molar-refractivity contribution in [3.8, 4) is 0 Å². The first kappa shape index (κ1) is 11.1. The van der Waals surface area contributed by atoms with Crippen LogP contribution in [-0.4, -0.2) is 22.1 Å². The van der Waals surface area contributed by atoms with Crippen LogP contribution < -0.4 is 5.32 Å². The van der Waals surface area contributed by atoms with Gasteiger partial charge in [0.2, 0.25) is 0 Å². The quantitative estimate of drug-likeness (QED) is 0.827. The van der Waals surface area contributed by atoms with E-state index < -0.39 is 0 Å². The lowest BCUT2D eigenvalue weighted by Crippen LogP contribution is -2.28. The van der Waals surface area contributed by atoms with Gasteiger partial charge in [-0.3, -0.25) is 0 Å². The Morgan fingerprint density at radius 1 is 1.60 bits per heavy atom. The smallest absolute Gasteiger partial charge is 0.0362 e. The molecule has 0 amide bonds. The van der Waals surface area contributed by atoms with Crippen LogP contribution in [0.4, 0.5) is 0 Å². The number of nitrogens with one attached hydrogen (secondary N) is 1. The summed E-state index contributed by atoms with van der Waals surface area (Å²) in [5, 5.41) is 3.64. The van der Waals surface area contributed by atoms with Crippen LogP contribution in [0.5, 0.6) is 0 Å². The summed E-state index contributed by atoms with van der Waals surface area (Å²) in [5.41, 5.74) is 1.42. The number of rotatable bonds is 5.